The van der Waals surface area contributed by atoms with Crippen LogP contribution >= 0.6 is 11.6 Å². The Kier molecular flexibility index (Phi) is 3.80. The molecule has 102 valence electrons. The molecule has 19 heavy (non-hydrogen) atoms. The smallest absolute Gasteiger partial charge is 0.328 e. The number of H-pyrrole nitrogens is 1. The maximum Gasteiger partial charge on any atom is 0.328 e. The summed E-state index contributed by atoms with van der Waals surface area (Å²) < 4.78 is 11.3. The molecule has 2 aromatic rings. The van der Waals surface area contributed by atoms with Crippen LogP contribution in [0.1, 0.15) is 0 Å². The first-order valence-corrected chi connectivity index (χ1v) is 6.10. The maximum absolute atomic E-state index is 12.2. The fraction of sp³-hybridized carbons (Fsp3) is 0.333. The van der Waals surface area contributed by atoms with E-state index in [0.29, 0.717) is 22.4 Å². The van der Waals surface area contributed by atoms with E-state index in [1.807, 2.05) is 0 Å². The van der Waals surface area contributed by atoms with Crippen LogP contribution < -0.4 is 20.7 Å². The molecule has 6 nitrogen and oxygen atoms in total. The maximum atomic E-state index is 12.2. The molecule has 7 heteroatoms. The molecule has 1 heterocycles. The third kappa shape index (κ3) is 2.31. The number of rotatable bonds is 4. The van der Waals surface area contributed by atoms with Gasteiger partial charge in [0, 0.05) is 18.5 Å². The Hall–Kier alpha value is -1.95. The van der Waals surface area contributed by atoms with Crippen LogP contribution in [0, 0.1) is 0 Å². The van der Waals surface area contributed by atoms with Crippen molar-refractivity contribution in [2.75, 3.05) is 20.1 Å². The van der Waals surface area contributed by atoms with Crippen LogP contribution in [-0.4, -0.2) is 29.7 Å². The van der Waals surface area contributed by atoms with Crippen molar-refractivity contribution >= 4 is 22.5 Å². The predicted molar refractivity (Wildman–Crippen MR) is 72.7 cm³/mol. The summed E-state index contributed by atoms with van der Waals surface area (Å²) in [5.74, 6) is 1.05. The number of benzene rings is 1. The Balaban J connectivity index is 2.82. The van der Waals surface area contributed by atoms with Crippen LogP contribution in [0.4, 0.5) is 0 Å². The first-order valence-electron chi connectivity index (χ1n) is 5.57. The summed E-state index contributed by atoms with van der Waals surface area (Å²) in [6.07, 6.45) is 0. The number of nitrogens with zero attached hydrogens (tertiary/aromatic N) is 1. The second-order valence-corrected chi connectivity index (χ2v) is 4.21. The average Bonchev–Trinajstić information content (AvgIpc) is 2.42. The molecule has 0 spiro atoms. The van der Waals surface area contributed by atoms with Gasteiger partial charge in [0.15, 0.2) is 11.5 Å². The lowest BCUT2D eigenvalue weighted by Gasteiger charge is -2.10. The van der Waals surface area contributed by atoms with Gasteiger partial charge < -0.3 is 14.5 Å². The Labute approximate surface area is 113 Å². The van der Waals surface area contributed by atoms with Gasteiger partial charge in [-0.1, -0.05) is 0 Å². The molecule has 0 aliphatic rings. The number of aromatic nitrogens is 2. The Morgan fingerprint density at radius 2 is 1.84 bits per heavy atom. The van der Waals surface area contributed by atoms with Gasteiger partial charge in [-0.2, -0.15) is 0 Å². The van der Waals surface area contributed by atoms with Crippen LogP contribution in [0.3, 0.4) is 0 Å². The quantitative estimate of drug-likeness (QED) is 0.848. The molecule has 0 fully saturated rings. The van der Waals surface area contributed by atoms with Crippen molar-refractivity contribution in [1.82, 2.24) is 9.55 Å². The van der Waals surface area contributed by atoms with Gasteiger partial charge in [0.1, 0.15) is 0 Å². The molecule has 0 radical (unpaired) electrons. The summed E-state index contributed by atoms with van der Waals surface area (Å²) in [5, 5.41) is 0.349. The predicted octanol–water partition coefficient (Wildman–Crippen LogP) is 0.946. The van der Waals surface area contributed by atoms with Crippen LogP contribution in [0.2, 0.25) is 0 Å². The number of aromatic amines is 1. The SMILES string of the molecule is COc1cc2[nH]c(=O)n(CCCl)c(=O)c2cc1OC. The van der Waals surface area contributed by atoms with Crippen LogP contribution in [0.25, 0.3) is 10.9 Å². The van der Waals surface area contributed by atoms with E-state index in [2.05, 4.69) is 4.98 Å². The number of hydrogen-bond acceptors (Lipinski definition) is 4. The zero-order valence-electron chi connectivity index (χ0n) is 10.5. The number of fused-ring (bicyclic) bond motifs is 1. The van der Waals surface area contributed by atoms with E-state index in [1.165, 1.54) is 20.3 Å². The van der Waals surface area contributed by atoms with Crippen molar-refractivity contribution in [3.8, 4) is 11.5 Å². The van der Waals surface area contributed by atoms with E-state index in [9.17, 15) is 9.59 Å². The molecule has 2 rings (SSSR count). The first kappa shape index (κ1) is 13.5. The third-order valence-corrected chi connectivity index (χ3v) is 2.96. The molecule has 1 aromatic heterocycles. The van der Waals surface area contributed by atoms with E-state index < -0.39 is 11.2 Å². The van der Waals surface area contributed by atoms with E-state index in [4.69, 9.17) is 21.1 Å². The summed E-state index contributed by atoms with van der Waals surface area (Å²) in [4.78, 5) is 26.6. The van der Waals surface area contributed by atoms with Gasteiger partial charge in [0.25, 0.3) is 5.56 Å². The molecule has 0 saturated carbocycles. The molecule has 0 unspecified atom stereocenters. The molecule has 0 bridgehead atoms. The van der Waals surface area contributed by atoms with Gasteiger partial charge in [-0.25, -0.2) is 4.79 Å². The van der Waals surface area contributed by atoms with E-state index in [0.717, 1.165) is 4.57 Å². The topological polar surface area (TPSA) is 73.3 Å². The molecule has 0 aliphatic carbocycles. The summed E-state index contributed by atoms with van der Waals surface area (Å²) in [6, 6.07) is 3.10. The molecule has 0 aliphatic heterocycles. The van der Waals surface area contributed by atoms with Crippen molar-refractivity contribution in [3.63, 3.8) is 0 Å². The lowest BCUT2D eigenvalue weighted by molar-refractivity contribution is 0.355. The summed E-state index contributed by atoms with van der Waals surface area (Å²) >= 11 is 5.58. The third-order valence-electron chi connectivity index (χ3n) is 2.79. The number of hydrogen-bond donors (Lipinski definition) is 1. The summed E-state index contributed by atoms with van der Waals surface area (Å²) in [6.45, 7) is 0.153. The summed E-state index contributed by atoms with van der Waals surface area (Å²) in [7, 11) is 2.96. The van der Waals surface area contributed by atoms with Gasteiger partial charge in [-0.15, -0.1) is 11.6 Å². The second kappa shape index (κ2) is 5.36. The Morgan fingerprint density at radius 3 is 2.42 bits per heavy atom. The van der Waals surface area contributed by atoms with Crippen molar-refractivity contribution in [1.29, 1.82) is 0 Å². The van der Waals surface area contributed by atoms with E-state index >= 15 is 0 Å². The Morgan fingerprint density at radius 1 is 1.21 bits per heavy atom. The zero-order valence-corrected chi connectivity index (χ0v) is 11.3. The van der Waals surface area contributed by atoms with Gasteiger partial charge in [-0.3, -0.25) is 9.36 Å². The fourth-order valence-corrected chi connectivity index (χ4v) is 2.04. The number of nitrogens with one attached hydrogen (secondary N) is 1. The normalized spacial score (nSPS) is 10.7. The standard InChI is InChI=1S/C12H13ClN2O4/c1-18-9-5-7-8(6-10(9)19-2)14-12(17)15(4-3-13)11(7)16/h5-6H,3-4H2,1-2H3,(H,14,17). The highest BCUT2D eigenvalue weighted by molar-refractivity contribution is 6.17. The molecule has 0 amide bonds. The second-order valence-electron chi connectivity index (χ2n) is 3.83. The van der Waals surface area contributed by atoms with E-state index in [-0.39, 0.29) is 12.4 Å². The molecular weight excluding hydrogens is 272 g/mol. The molecule has 1 aromatic carbocycles. The van der Waals surface area contributed by atoms with Gasteiger partial charge in [-0.05, 0) is 6.07 Å². The number of methoxy groups -OCH3 is 2. The minimum Gasteiger partial charge on any atom is -0.493 e. The molecular formula is C12H13ClN2O4. The largest absolute Gasteiger partial charge is 0.493 e. The van der Waals surface area contributed by atoms with Gasteiger partial charge in [0.05, 0.1) is 25.1 Å². The highest BCUT2D eigenvalue weighted by Crippen LogP contribution is 2.29. The molecule has 1 N–H and O–H groups in total. The van der Waals surface area contributed by atoms with Gasteiger partial charge in [0.2, 0.25) is 0 Å². The minimum atomic E-state index is -0.495. The van der Waals surface area contributed by atoms with Crippen LogP contribution in [0.15, 0.2) is 21.7 Å². The minimum absolute atomic E-state index is 0.153. The zero-order chi connectivity index (χ0) is 14.0. The van der Waals surface area contributed by atoms with Crippen molar-refractivity contribution in [3.05, 3.63) is 33.0 Å². The highest BCUT2D eigenvalue weighted by Gasteiger charge is 2.12. The first-order chi connectivity index (χ1) is 9.12. The highest BCUT2D eigenvalue weighted by atomic mass is 35.5. The van der Waals surface area contributed by atoms with Crippen molar-refractivity contribution in [2.24, 2.45) is 0 Å². The number of halogens is 1. The number of ether oxygens (including phenoxy) is 2. The molecule has 0 atom stereocenters. The number of alkyl halides is 1. The monoisotopic (exact) mass is 284 g/mol. The van der Waals surface area contributed by atoms with Crippen LogP contribution in [0.5, 0.6) is 11.5 Å². The Bertz CT molecular complexity index is 720. The van der Waals surface area contributed by atoms with Gasteiger partial charge >= 0.3 is 5.69 Å². The lowest BCUT2D eigenvalue weighted by Crippen LogP contribution is -2.35. The van der Waals surface area contributed by atoms with E-state index in [1.54, 1.807) is 6.07 Å². The van der Waals surface area contributed by atoms with Crippen molar-refractivity contribution < 1.29 is 9.47 Å². The lowest BCUT2D eigenvalue weighted by atomic mass is 10.2. The fourth-order valence-electron chi connectivity index (χ4n) is 1.87. The summed E-state index contributed by atoms with van der Waals surface area (Å²) in [5.41, 5.74) is -0.496. The van der Waals surface area contributed by atoms with Crippen LogP contribution in [-0.2, 0) is 6.54 Å². The average molecular weight is 285 g/mol. The van der Waals surface area contributed by atoms with Crippen molar-refractivity contribution in [2.45, 2.75) is 6.54 Å². The molecule has 0 saturated heterocycles.